The van der Waals surface area contributed by atoms with Gasteiger partial charge in [-0.3, -0.25) is 9.89 Å². The zero-order chi connectivity index (χ0) is 13.3. The topological polar surface area (TPSA) is 66.0 Å². The van der Waals surface area contributed by atoms with E-state index in [9.17, 15) is 4.79 Å². The van der Waals surface area contributed by atoms with E-state index in [1.807, 2.05) is 32.9 Å². The third-order valence-electron chi connectivity index (χ3n) is 3.04. The number of rotatable bonds is 3. The van der Waals surface area contributed by atoms with Gasteiger partial charge in [0.05, 0.1) is 12.1 Å². The lowest BCUT2D eigenvalue weighted by molar-refractivity contribution is -0.136. The Kier molecular flexibility index (Phi) is 3.19. The highest BCUT2D eigenvalue weighted by Gasteiger charge is 2.16. The maximum atomic E-state index is 10.9. The normalized spacial score (nSPS) is 10.6. The lowest BCUT2D eigenvalue weighted by Gasteiger charge is -2.06. The van der Waals surface area contributed by atoms with E-state index in [0.717, 1.165) is 28.1 Å². The number of carboxylic acids is 1. The van der Waals surface area contributed by atoms with Crippen LogP contribution in [0.4, 0.5) is 0 Å². The van der Waals surface area contributed by atoms with Crippen LogP contribution in [0, 0.1) is 20.8 Å². The summed E-state index contributed by atoms with van der Waals surface area (Å²) in [7, 11) is 0. The summed E-state index contributed by atoms with van der Waals surface area (Å²) in [4.78, 5) is 10.9. The van der Waals surface area contributed by atoms with Crippen LogP contribution in [-0.4, -0.2) is 21.3 Å². The first kappa shape index (κ1) is 12.4. The number of nitrogens with one attached hydrogen (secondary N) is 1. The molecule has 0 amide bonds. The van der Waals surface area contributed by atoms with E-state index < -0.39 is 5.97 Å². The zero-order valence-electron chi connectivity index (χ0n) is 10.7. The van der Waals surface area contributed by atoms with Crippen molar-refractivity contribution in [2.24, 2.45) is 0 Å². The average molecular weight is 244 g/mol. The fourth-order valence-corrected chi connectivity index (χ4v) is 2.12. The Balaban J connectivity index is 2.53. The van der Waals surface area contributed by atoms with Gasteiger partial charge in [0.25, 0.3) is 0 Å². The van der Waals surface area contributed by atoms with Gasteiger partial charge in [-0.2, -0.15) is 5.10 Å². The van der Waals surface area contributed by atoms with Gasteiger partial charge in [-0.15, -0.1) is 0 Å². The van der Waals surface area contributed by atoms with E-state index in [1.165, 1.54) is 5.56 Å². The SMILES string of the molecule is Cc1ccc(-c2n[nH]c(C)c2CC(=O)O)c(C)c1. The van der Waals surface area contributed by atoms with Crippen molar-refractivity contribution in [3.05, 3.63) is 40.6 Å². The number of hydrogen-bond donors (Lipinski definition) is 2. The predicted octanol–water partition coefficient (Wildman–Crippen LogP) is 2.63. The summed E-state index contributed by atoms with van der Waals surface area (Å²) in [6.07, 6.45) is -0.00895. The largest absolute Gasteiger partial charge is 0.481 e. The van der Waals surface area contributed by atoms with Crippen molar-refractivity contribution in [2.45, 2.75) is 27.2 Å². The molecule has 2 aromatic rings. The summed E-state index contributed by atoms with van der Waals surface area (Å²) < 4.78 is 0. The number of benzene rings is 1. The van der Waals surface area contributed by atoms with Crippen molar-refractivity contribution in [1.82, 2.24) is 10.2 Å². The van der Waals surface area contributed by atoms with Crippen LogP contribution in [0.25, 0.3) is 11.3 Å². The minimum atomic E-state index is -0.842. The number of aromatic amines is 1. The molecule has 4 heteroatoms. The van der Waals surface area contributed by atoms with E-state index in [0.29, 0.717) is 0 Å². The first-order chi connectivity index (χ1) is 8.49. The Morgan fingerprint density at radius 1 is 1.33 bits per heavy atom. The zero-order valence-corrected chi connectivity index (χ0v) is 10.7. The highest BCUT2D eigenvalue weighted by Crippen LogP contribution is 2.27. The highest BCUT2D eigenvalue weighted by atomic mass is 16.4. The van der Waals surface area contributed by atoms with Crippen molar-refractivity contribution >= 4 is 5.97 Å². The smallest absolute Gasteiger partial charge is 0.307 e. The summed E-state index contributed by atoms with van der Waals surface area (Å²) in [5, 5.41) is 16.1. The summed E-state index contributed by atoms with van der Waals surface area (Å²) in [6.45, 7) is 5.89. The molecule has 0 atom stereocenters. The number of carbonyl (C=O) groups is 1. The van der Waals surface area contributed by atoms with Crippen LogP contribution >= 0.6 is 0 Å². The Hall–Kier alpha value is -2.10. The lowest BCUT2D eigenvalue weighted by Crippen LogP contribution is -2.02. The molecule has 0 saturated heterocycles. The predicted molar refractivity (Wildman–Crippen MR) is 69.6 cm³/mol. The average Bonchev–Trinajstić information content (AvgIpc) is 2.60. The molecule has 0 spiro atoms. The number of aliphatic carboxylic acids is 1. The second kappa shape index (κ2) is 4.64. The minimum absolute atomic E-state index is 0.00895. The van der Waals surface area contributed by atoms with Gasteiger partial charge in [0.15, 0.2) is 0 Å². The van der Waals surface area contributed by atoms with Crippen LogP contribution in [0.5, 0.6) is 0 Å². The van der Waals surface area contributed by atoms with Crippen LogP contribution in [0.3, 0.4) is 0 Å². The number of H-pyrrole nitrogens is 1. The number of aryl methyl sites for hydroxylation is 3. The Labute approximate surface area is 106 Å². The molecule has 0 saturated carbocycles. The monoisotopic (exact) mass is 244 g/mol. The van der Waals surface area contributed by atoms with Gasteiger partial charge in [-0.25, -0.2) is 0 Å². The molecular formula is C14H16N2O2. The molecule has 94 valence electrons. The van der Waals surface area contributed by atoms with Crippen molar-refractivity contribution < 1.29 is 9.90 Å². The first-order valence-electron chi connectivity index (χ1n) is 5.82. The van der Waals surface area contributed by atoms with E-state index >= 15 is 0 Å². The molecule has 1 aromatic heterocycles. The van der Waals surface area contributed by atoms with E-state index in [2.05, 4.69) is 16.3 Å². The fraction of sp³-hybridized carbons (Fsp3) is 0.286. The van der Waals surface area contributed by atoms with Crippen LogP contribution in [0.15, 0.2) is 18.2 Å². The second-order valence-corrected chi connectivity index (χ2v) is 4.56. The second-order valence-electron chi connectivity index (χ2n) is 4.56. The maximum absolute atomic E-state index is 10.9. The summed E-state index contributed by atoms with van der Waals surface area (Å²) in [5.41, 5.74) is 5.59. The van der Waals surface area contributed by atoms with E-state index in [-0.39, 0.29) is 6.42 Å². The Morgan fingerprint density at radius 2 is 2.06 bits per heavy atom. The van der Waals surface area contributed by atoms with Gasteiger partial charge >= 0.3 is 5.97 Å². The number of nitrogens with zero attached hydrogens (tertiary/aromatic N) is 1. The third kappa shape index (κ3) is 2.27. The Morgan fingerprint density at radius 3 is 2.67 bits per heavy atom. The molecule has 0 aliphatic carbocycles. The molecule has 0 aliphatic rings. The minimum Gasteiger partial charge on any atom is -0.481 e. The van der Waals surface area contributed by atoms with Gasteiger partial charge in [-0.05, 0) is 26.3 Å². The molecule has 2 rings (SSSR count). The molecule has 0 unspecified atom stereocenters. The van der Waals surface area contributed by atoms with Crippen LogP contribution in [0.2, 0.25) is 0 Å². The van der Waals surface area contributed by atoms with Gasteiger partial charge in [0.2, 0.25) is 0 Å². The van der Waals surface area contributed by atoms with E-state index in [4.69, 9.17) is 5.11 Å². The molecule has 1 heterocycles. The van der Waals surface area contributed by atoms with Gasteiger partial charge in [0.1, 0.15) is 0 Å². The van der Waals surface area contributed by atoms with Crippen molar-refractivity contribution in [2.75, 3.05) is 0 Å². The highest BCUT2D eigenvalue weighted by molar-refractivity contribution is 5.76. The third-order valence-corrected chi connectivity index (χ3v) is 3.04. The summed E-state index contributed by atoms with van der Waals surface area (Å²) >= 11 is 0. The molecule has 4 nitrogen and oxygen atoms in total. The van der Waals surface area contributed by atoms with E-state index in [1.54, 1.807) is 0 Å². The van der Waals surface area contributed by atoms with Crippen LogP contribution < -0.4 is 0 Å². The first-order valence-corrected chi connectivity index (χ1v) is 5.82. The molecule has 18 heavy (non-hydrogen) atoms. The molecule has 2 N–H and O–H groups in total. The van der Waals surface area contributed by atoms with Crippen LogP contribution in [-0.2, 0) is 11.2 Å². The van der Waals surface area contributed by atoms with Crippen LogP contribution in [0.1, 0.15) is 22.4 Å². The Bertz CT molecular complexity index is 600. The number of hydrogen-bond acceptors (Lipinski definition) is 2. The molecule has 1 aromatic carbocycles. The van der Waals surface area contributed by atoms with Crippen molar-refractivity contribution in [3.8, 4) is 11.3 Å². The van der Waals surface area contributed by atoms with Gasteiger partial charge in [-0.1, -0.05) is 23.8 Å². The molecule has 0 fully saturated rings. The van der Waals surface area contributed by atoms with Crippen molar-refractivity contribution in [3.63, 3.8) is 0 Å². The standard InChI is InChI=1S/C14H16N2O2/c1-8-4-5-11(9(2)6-8)14-12(7-13(17)18)10(3)15-16-14/h4-6H,7H2,1-3H3,(H,15,16)(H,17,18). The molecule has 0 aliphatic heterocycles. The summed E-state index contributed by atoms with van der Waals surface area (Å²) in [5.74, 6) is -0.842. The number of aromatic nitrogens is 2. The molecule has 0 radical (unpaired) electrons. The van der Waals surface area contributed by atoms with Crippen molar-refractivity contribution in [1.29, 1.82) is 0 Å². The lowest BCUT2D eigenvalue weighted by atomic mass is 9.98. The molecule has 0 bridgehead atoms. The fourth-order valence-electron chi connectivity index (χ4n) is 2.12. The van der Waals surface area contributed by atoms with Gasteiger partial charge in [0, 0.05) is 16.8 Å². The quantitative estimate of drug-likeness (QED) is 0.872. The maximum Gasteiger partial charge on any atom is 0.307 e. The summed E-state index contributed by atoms with van der Waals surface area (Å²) in [6, 6.07) is 6.08. The number of carboxylic acid groups (broad SMARTS) is 1. The van der Waals surface area contributed by atoms with Gasteiger partial charge < -0.3 is 5.11 Å². The molecular weight excluding hydrogens is 228 g/mol.